The second kappa shape index (κ2) is 7.81. The monoisotopic (exact) mass is 443 g/mol. The lowest BCUT2D eigenvalue weighted by atomic mass is 9.93. The first-order chi connectivity index (χ1) is 15.6. The molecule has 1 unspecified atom stereocenters. The number of nitrogens with one attached hydrogen (secondary N) is 1. The molecule has 7 heteroatoms. The Morgan fingerprint density at radius 2 is 2.00 bits per heavy atom. The van der Waals surface area contributed by atoms with Gasteiger partial charge in [0, 0.05) is 54.8 Å². The first kappa shape index (κ1) is 19.6. The Balaban J connectivity index is 1.36. The van der Waals surface area contributed by atoms with Gasteiger partial charge in [-0.1, -0.05) is 0 Å². The molecule has 4 aromatic rings. The number of aromatic nitrogens is 3. The Morgan fingerprint density at radius 1 is 1.09 bits per heavy atom. The molecule has 1 N–H and O–H groups in total. The van der Waals surface area contributed by atoms with Gasteiger partial charge in [0.1, 0.15) is 5.82 Å². The maximum atomic E-state index is 11.9. The molecule has 0 spiro atoms. The largest absolute Gasteiger partial charge is 0.342 e. The Labute approximate surface area is 190 Å². The molecule has 1 saturated heterocycles. The van der Waals surface area contributed by atoms with Gasteiger partial charge in [0.15, 0.2) is 0 Å². The number of carbonyl (C=O) groups is 1. The van der Waals surface area contributed by atoms with Crippen LogP contribution in [0.5, 0.6) is 0 Å². The quantitative estimate of drug-likeness (QED) is 0.445. The van der Waals surface area contributed by atoms with Crippen molar-refractivity contribution in [3.63, 3.8) is 0 Å². The molecule has 0 radical (unpaired) electrons. The van der Waals surface area contributed by atoms with E-state index < -0.39 is 0 Å². The minimum atomic E-state index is 0.135. The SMILES string of the molecule is CC(=O)N1CCCC(c2cc3ncccc3c(Nc3ccc4nc(C5CC5)sc4c3)n2)C1. The number of thiazole rings is 1. The zero-order chi connectivity index (χ0) is 21.7. The van der Waals surface area contributed by atoms with E-state index in [9.17, 15) is 4.79 Å². The van der Waals surface area contributed by atoms with Crippen molar-refractivity contribution in [3.05, 3.63) is 53.3 Å². The summed E-state index contributed by atoms with van der Waals surface area (Å²) in [6.45, 7) is 3.20. The summed E-state index contributed by atoms with van der Waals surface area (Å²) in [6, 6.07) is 12.4. The fourth-order valence-electron chi connectivity index (χ4n) is 4.57. The van der Waals surface area contributed by atoms with Crippen molar-refractivity contribution in [2.75, 3.05) is 18.4 Å². The molecular formula is C25H25N5OS. The van der Waals surface area contributed by atoms with Crippen molar-refractivity contribution in [1.82, 2.24) is 19.9 Å². The van der Waals surface area contributed by atoms with E-state index in [0.29, 0.717) is 5.92 Å². The summed E-state index contributed by atoms with van der Waals surface area (Å²) in [5, 5.41) is 5.82. The number of likely N-dealkylation sites (tertiary alicyclic amines) is 1. The average Bonchev–Trinajstić information content (AvgIpc) is 3.58. The molecule has 1 atom stereocenters. The van der Waals surface area contributed by atoms with Crippen molar-refractivity contribution in [1.29, 1.82) is 0 Å². The highest BCUT2D eigenvalue weighted by atomic mass is 32.1. The van der Waals surface area contributed by atoms with E-state index in [-0.39, 0.29) is 11.8 Å². The zero-order valence-electron chi connectivity index (χ0n) is 18.0. The molecule has 4 heterocycles. The van der Waals surface area contributed by atoms with Crippen molar-refractivity contribution in [3.8, 4) is 0 Å². The maximum Gasteiger partial charge on any atom is 0.219 e. The van der Waals surface area contributed by atoms with Crippen LogP contribution in [0.1, 0.15) is 55.1 Å². The maximum absolute atomic E-state index is 11.9. The Hall–Kier alpha value is -3.06. The number of rotatable bonds is 4. The Bertz CT molecular complexity index is 1330. The van der Waals surface area contributed by atoms with E-state index in [1.165, 1.54) is 22.5 Å². The van der Waals surface area contributed by atoms with E-state index >= 15 is 0 Å². The standard InChI is InChI=1S/C25H25N5OS/c1-15(31)30-11-3-4-17(14-30)21-13-22-19(5-2-10-26-22)24(28-21)27-18-8-9-20-23(12-18)32-25(29-20)16-6-7-16/h2,5,8-10,12-13,16-17H,3-4,6-7,11,14H2,1H3,(H,27,28). The minimum absolute atomic E-state index is 0.135. The van der Waals surface area contributed by atoms with Crippen molar-refractivity contribution in [2.45, 2.75) is 44.4 Å². The molecule has 1 aromatic carbocycles. The first-order valence-electron chi connectivity index (χ1n) is 11.3. The summed E-state index contributed by atoms with van der Waals surface area (Å²) in [4.78, 5) is 28.3. The summed E-state index contributed by atoms with van der Waals surface area (Å²) in [7, 11) is 0. The van der Waals surface area contributed by atoms with Gasteiger partial charge in [-0.05, 0) is 62.1 Å². The third-order valence-corrected chi connectivity index (χ3v) is 7.68. The number of nitrogens with zero attached hydrogens (tertiary/aromatic N) is 4. The summed E-state index contributed by atoms with van der Waals surface area (Å²) in [5.74, 6) is 1.85. The molecule has 3 aromatic heterocycles. The number of pyridine rings is 2. The molecule has 2 aliphatic rings. The highest BCUT2D eigenvalue weighted by molar-refractivity contribution is 7.18. The van der Waals surface area contributed by atoms with Gasteiger partial charge in [0.25, 0.3) is 0 Å². The summed E-state index contributed by atoms with van der Waals surface area (Å²) >= 11 is 1.80. The number of hydrogen-bond donors (Lipinski definition) is 1. The van der Waals surface area contributed by atoms with E-state index in [4.69, 9.17) is 9.97 Å². The summed E-state index contributed by atoms with van der Waals surface area (Å²) < 4.78 is 1.21. The van der Waals surface area contributed by atoms with Crippen LogP contribution < -0.4 is 5.32 Å². The smallest absolute Gasteiger partial charge is 0.219 e. The number of hydrogen-bond acceptors (Lipinski definition) is 6. The molecule has 6 rings (SSSR count). The van der Waals surface area contributed by atoms with Crippen molar-refractivity contribution >= 4 is 49.9 Å². The van der Waals surface area contributed by atoms with Gasteiger partial charge < -0.3 is 10.2 Å². The molecule has 1 aliphatic carbocycles. The van der Waals surface area contributed by atoms with Crippen LogP contribution in [0.25, 0.3) is 21.1 Å². The number of anilines is 2. The third kappa shape index (κ3) is 3.71. The van der Waals surface area contributed by atoms with Crippen LogP contribution in [0.2, 0.25) is 0 Å². The van der Waals surface area contributed by atoms with E-state index in [2.05, 4.69) is 40.6 Å². The van der Waals surface area contributed by atoms with E-state index in [1.54, 1.807) is 18.3 Å². The van der Waals surface area contributed by atoms with Crippen molar-refractivity contribution < 1.29 is 4.79 Å². The third-order valence-electron chi connectivity index (χ3n) is 6.50. The van der Waals surface area contributed by atoms with Crippen LogP contribution in [-0.2, 0) is 4.79 Å². The van der Waals surface area contributed by atoms with E-state index in [0.717, 1.165) is 59.5 Å². The van der Waals surface area contributed by atoms with Gasteiger partial charge in [0.05, 0.1) is 20.7 Å². The van der Waals surface area contributed by atoms with Crippen LogP contribution in [0.15, 0.2) is 42.6 Å². The summed E-state index contributed by atoms with van der Waals surface area (Å²) in [5.41, 5.74) is 4.00. The summed E-state index contributed by atoms with van der Waals surface area (Å²) in [6.07, 6.45) is 6.39. The normalized spacial score (nSPS) is 18.9. The first-order valence-corrected chi connectivity index (χ1v) is 12.1. The van der Waals surface area contributed by atoms with Gasteiger partial charge in [-0.3, -0.25) is 9.78 Å². The lowest BCUT2D eigenvalue weighted by Crippen LogP contribution is -2.37. The molecule has 162 valence electrons. The Morgan fingerprint density at radius 3 is 2.84 bits per heavy atom. The number of benzene rings is 1. The molecular weight excluding hydrogens is 418 g/mol. The van der Waals surface area contributed by atoms with Gasteiger partial charge in [-0.2, -0.15) is 0 Å². The predicted octanol–water partition coefficient (Wildman–Crippen LogP) is 5.59. The lowest BCUT2D eigenvalue weighted by molar-refractivity contribution is -0.130. The fourth-order valence-corrected chi connectivity index (χ4v) is 5.74. The average molecular weight is 444 g/mol. The zero-order valence-corrected chi connectivity index (χ0v) is 18.9. The lowest BCUT2D eigenvalue weighted by Gasteiger charge is -2.32. The van der Waals surface area contributed by atoms with Crippen LogP contribution in [0, 0.1) is 0 Å². The van der Waals surface area contributed by atoms with Gasteiger partial charge in [-0.25, -0.2) is 9.97 Å². The fraction of sp³-hybridized carbons (Fsp3) is 0.360. The highest BCUT2D eigenvalue weighted by Gasteiger charge is 2.27. The molecule has 6 nitrogen and oxygen atoms in total. The topological polar surface area (TPSA) is 71.0 Å². The van der Waals surface area contributed by atoms with Crippen molar-refractivity contribution in [2.24, 2.45) is 0 Å². The molecule has 0 bridgehead atoms. The van der Waals surface area contributed by atoms with Gasteiger partial charge in [-0.15, -0.1) is 11.3 Å². The molecule has 1 aliphatic heterocycles. The predicted molar refractivity (Wildman–Crippen MR) is 129 cm³/mol. The highest BCUT2D eigenvalue weighted by Crippen LogP contribution is 2.43. The Kier molecular flexibility index (Phi) is 4.79. The van der Waals surface area contributed by atoms with E-state index in [1.807, 2.05) is 17.2 Å². The van der Waals surface area contributed by atoms with Crippen LogP contribution in [-0.4, -0.2) is 38.8 Å². The number of piperidine rings is 1. The molecule has 2 fully saturated rings. The van der Waals surface area contributed by atoms with Crippen LogP contribution in [0.4, 0.5) is 11.5 Å². The second-order valence-corrected chi connectivity index (χ2v) is 9.97. The number of amides is 1. The molecule has 32 heavy (non-hydrogen) atoms. The molecule has 1 saturated carbocycles. The van der Waals surface area contributed by atoms with Crippen LogP contribution in [0.3, 0.4) is 0 Å². The van der Waals surface area contributed by atoms with Gasteiger partial charge in [0.2, 0.25) is 5.91 Å². The number of fused-ring (bicyclic) bond motifs is 2. The van der Waals surface area contributed by atoms with Gasteiger partial charge >= 0.3 is 0 Å². The minimum Gasteiger partial charge on any atom is -0.342 e. The number of carbonyl (C=O) groups excluding carboxylic acids is 1. The second-order valence-electron chi connectivity index (χ2n) is 8.90. The molecule has 1 amide bonds. The van der Waals surface area contributed by atoms with Crippen LogP contribution >= 0.6 is 11.3 Å².